The van der Waals surface area contributed by atoms with E-state index in [2.05, 4.69) is 32.7 Å². The van der Waals surface area contributed by atoms with Gasteiger partial charge in [-0.05, 0) is 35.6 Å². The molecule has 0 saturated carbocycles. The van der Waals surface area contributed by atoms with E-state index in [0.717, 1.165) is 9.39 Å². The first-order valence-electron chi connectivity index (χ1n) is 3.46. The first-order chi connectivity index (χ1) is 6.09. The fraction of sp³-hybridized carbons (Fsp3) is 0.143. The molecule has 0 bridgehead atoms. The predicted molar refractivity (Wildman–Crippen MR) is 60.5 cm³/mol. The molecule has 0 aliphatic carbocycles. The van der Waals surface area contributed by atoms with Gasteiger partial charge in [-0.3, -0.25) is 0 Å². The Kier molecular flexibility index (Phi) is 2.37. The fourth-order valence-corrected chi connectivity index (χ4v) is 1.96. The predicted octanol–water partition coefficient (Wildman–Crippen LogP) is 2.95. The Morgan fingerprint density at radius 2 is 2.15 bits per heavy atom. The summed E-state index contributed by atoms with van der Waals surface area (Å²) in [7, 11) is 0. The zero-order valence-corrected chi connectivity index (χ0v) is 10.2. The average molecular weight is 328 g/mol. The second-order valence-electron chi connectivity index (χ2n) is 2.54. The lowest BCUT2D eigenvalue weighted by molar-refractivity contribution is 0.911. The molecular weight excluding hydrogens is 324 g/mol. The minimum Gasteiger partial charge on any atom is -0.230 e. The Morgan fingerprint density at radius 3 is 2.85 bits per heavy atom. The van der Waals surface area contributed by atoms with E-state index in [4.69, 9.17) is 23.2 Å². The van der Waals surface area contributed by atoms with Crippen molar-refractivity contribution in [2.24, 2.45) is 0 Å². The summed E-state index contributed by atoms with van der Waals surface area (Å²) in [5, 5.41) is 4.97. The van der Waals surface area contributed by atoms with Crippen molar-refractivity contribution in [3.8, 4) is 0 Å². The first-order valence-corrected chi connectivity index (χ1v) is 5.30. The zero-order chi connectivity index (χ0) is 9.59. The van der Waals surface area contributed by atoms with Crippen molar-refractivity contribution in [3.63, 3.8) is 0 Å². The number of fused-ring (bicyclic) bond motifs is 1. The number of hydrogen-bond acceptors (Lipinski definition) is 2. The maximum atomic E-state index is 5.94. The monoisotopic (exact) mass is 327 g/mol. The summed E-state index contributed by atoms with van der Waals surface area (Å²) >= 11 is 13.8. The fourth-order valence-electron chi connectivity index (χ4n) is 1.04. The minimum absolute atomic E-state index is 0.368. The highest BCUT2D eigenvalue weighted by molar-refractivity contribution is 14.1. The van der Waals surface area contributed by atoms with Crippen LogP contribution in [-0.2, 0) is 0 Å². The summed E-state index contributed by atoms with van der Waals surface area (Å²) in [5.41, 5.74) is 1.55. The summed E-state index contributed by atoms with van der Waals surface area (Å²) in [5.74, 6) is 0. The second-order valence-corrected chi connectivity index (χ2v) is 4.35. The highest BCUT2D eigenvalue weighted by Gasteiger charge is 2.10. The van der Waals surface area contributed by atoms with E-state index in [-0.39, 0.29) is 0 Å². The van der Waals surface area contributed by atoms with Crippen molar-refractivity contribution in [2.75, 3.05) is 0 Å². The summed E-state index contributed by atoms with van der Waals surface area (Å²) in [6.45, 7) is 1.90. The van der Waals surface area contributed by atoms with Crippen LogP contribution in [0.2, 0.25) is 10.2 Å². The van der Waals surface area contributed by atoms with Gasteiger partial charge < -0.3 is 0 Å². The van der Waals surface area contributed by atoms with Gasteiger partial charge in [0, 0.05) is 0 Å². The number of imidazole rings is 1. The lowest BCUT2D eigenvalue weighted by atomic mass is 10.5. The third kappa shape index (κ3) is 1.51. The molecule has 0 amide bonds. The van der Waals surface area contributed by atoms with Crippen LogP contribution in [0.5, 0.6) is 0 Å². The minimum atomic E-state index is 0.368. The Morgan fingerprint density at radius 1 is 1.46 bits per heavy atom. The molecule has 3 nitrogen and oxygen atoms in total. The van der Waals surface area contributed by atoms with Gasteiger partial charge in [0.1, 0.15) is 3.70 Å². The van der Waals surface area contributed by atoms with E-state index in [1.165, 1.54) is 0 Å². The van der Waals surface area contributed by atoms with Gasteiger partial charge >= 0.3 is 0 Å². The number of halogens is 3. The summed E-state index contributed by atoms with van der Waals surface area (Å²) < 4.78 is 2.57. The van der Waals surface area contributed by atoms with E-state index >= 15 is 0 Å². The highest BCUT2D eigenvalue weighted by Crippen LogP contribution is 2.22. The van der Waals surface area contributed by atoms with Crippen LogP contribution in [0.4, 0.5) is 0 Å². The van der Waals surface area contributed by atoms with Crippen molar-refractivity contribution in [1.82, 2.24) is 14.6 Å². The standard InChI is InChI=1S/C7H4Cl2IN3/c1-3-6(10)13-7(11-3)4(8)2-5(9)12-13/h2H,1H3. The molecule has 0 unspecified atom stereocenters. The third-order valence-electron chi connectivity index (χ3n) is 1.61. The van der Waals surface area contributed by atoms with E-state index in [1.807, 2.05) is 6.92 Å². The zero-order valence-electron chi connectivity index (χ0n) is 6.55. The molecule has 68 valence electrons. The molecule has 0 atom stereocenters. The van der Waals surface area contributed by atoms with Crippen LogP contribution in [0.1, 0.15) is 5.69 Å². The van der Waals surface area contributed by atoms with Gasteiger partial charge in [0.05, 0.1) is 10.7 Å². The smallest absolute Gasteiger partial charge is 0.173 e. The quantitative estimate of drug-likeness (QED) is 0.696. The van der Waals surface area contributed by atoms with Crippen LogP contribution in [0.25, 0.3) is 5.65 Å². The summed E-state index contributed by atoms with van der Waals surface area (Å²) in [4.78, 5) is 4.26. The number of rotatable bonds is 0. The van der Waals surface area contributed by atoms with E-state index in [0.29, 0.717) is 15.8 Å². The molecule has 2 aromatic heterocycles. The molecule has 0 aliphatic heterocycles. The maximum absolute atomic E-state index is 5.94. The molecule has 0 fully saturated rings. The molecule has 6 heteroatoms. The van der Waals surface area contributed by atoms with Gasteiger partial charge in [0.25, 0.3) is 0 Å². The van der Waals surface area contributed by atoms with Crippen LogP contribution in [0.15, 0.2) is 6.07 Å². The van der Waals surface area contributed by atoms with Crippen LogP contribution < -0.4 is 0 Å². The number of aromatic nitrogens is 3. The van der Waals surface area contributed by atoms with Crippen LogP contribution >= 0.6 is 45.8 Å². The van der Waals surface area contributed by atoms with E-state index in [1.54, 1.807) is 10.6 Å². The second kappa shape index (κ2) is 3.25. The topological polar surface area (TPSA) is 30.2 Å². The Balaban J connectivity index is 2.94. The van der Waals surface area contributed by atoms with Gasteiger partial charge in [-0.25, -0.2) is 9.50 Å². The van der Waals surface area contributed by atoms with Crippen LogP contribution in [0, 0.1) is 10.6 Å². The van der Waals surface area contributed by atoms with Crippen molar-refractivity contribution in [3.05, 3.63) is 25.6 Å². The van der Waals surface area contributed by atoms with Crippen LogP contribution in [-0.4, -0.2) is 14.6 Å². The molecule has 0 radical (unpaired) electrons. The van der Waals surface area contributed by atoms with Gasteiger partial charge in [0.2, 0.25) is 0 Å². The molecule has 2 aromatic rings. The molecule has 0 spiro atoms. The van der Waals surface area contributed by atoms with Crippen LogP contribution in [0.3, 0.4) is 0 Å². The van der Waals surface area contributed by atoms with Gasteiger partial charge in [-0.15, -0.1) is 0 Å². The lowest BCUT2D eigenvalue weighted by Gasteiger charge is -1.96. The Hall–Kier alpha value is -0.0700. The normalized spacial score (nSPS) is 11.1. The van der Waals surface area contributed by atoms with Gasteiger partial charge in [-0.1, -0.05) is 23.2 Å². The Bertz CT molecular complexity index is 480. The van der Waals surface area contributed by atoms with Crippen molar-refractivity contribution >= 4 is 51.4 Å². The molecule has 13 heavy (non-hydrogen) atoms. The van der Waals surface area contributed by atoms with Gasteiger partial charge in [0.15, 0.2) is 10.8 Å². The highest BCUT2D eigenvalue weighted by atomic mass is 127. The van der Waals surface area contributed by atoms with Crippen molar-refractivity contribution in [2.45, 2.75) is 6.92 Å². The SMILES string of the molecule is Cc1nc2c(Cl)cc(Cl)nn2c1I. The number of hydrogen-bond donors (Lipinski definition) is 0. The first kappa shape index (κ1) is 9.48. The van der Waals surface area contributed by atoms with Gasteiger partial charge in [-0.2, -0.15) is 5.10 Å². The molecule has 0 saturated heterocycles. The lowest BCUT2D eigenvalue weighted by Crippen LogP contribution is -1.94. The molecular formula is C7H4Cl2IN3. The van der Waals surface area contributed by atoms with Crippen molar-refractivity contribution in [1.29, 1.82) is 0 Å². The molecule has 2 rings (SSSR count). The molecule has 2 heterocycles. The van der Waals surface area contributed by atoms with E-state index in [9.17, 15) is 0 Å². The number of aryl methyl sites for hydroxylation is 1. The maximum Gasteiger partial charge on any atom is 0.173 e. The summed E-state index contributed by atoms with van der Waals surface area (Å²) in [6, 6.07) is 1.58. The average Bonchev–Trinajstić information content (AvgIpc) is 2.32. The molecule has 0 aliphatic rings. The largest absolute Gasteiger partial charge is 0.230 e. The van der Waals surface area contributed by atoms with E-state index < -0.39 is 0 Å². The third-order valence-corrected chi connectivity index (χ3v) is 3.31. The molecule has 0 N–H and O–H groups in total. The van der Waals surface area contributed by atoms with Crippen molar-refractivity contribution < 1.29 is 0 Å². The Labute approximate surface area is 98.2 Å². The molecule has 0 aromatic carbocycles. The number of nitrogens with zero attached hydrogens (tertiary/aromatic N) is 3. The summed E-state index contributed by atoms with van der Waals surface area (Å²) in [6.07, 6.45) is 0.